The highest BCUT2D eigenvalue weighted by atomic mass is 79.9. The van der Waals surface area contributed by atoms with Gasteiger partial charge in [0.05, 0.1) is 5.69 Å². The van der Waals surface area contributed by atoms with E-state index in [9.17, 15) is 4.39 Å². The summed E-state index contributed by atoms with van der Waals surface area (Å²) in [6.07, 6.45) is 0. The Morgan fingerprint density at radius 3 is 2.63 bits per heavy atom. The first-order chi connectivity index (χ1) is 9.04. The van der Waals surface area contributed by atoms with Crippen LogP contribution in [0.3, 0.4) is 0 Å². The Hall–Kier alpha value is -1.17. The summed E-state index contributed by atoms with van der Waals surface area (Å²) in [4.78, 5) is 0. The van der Waals surface area contributed by atoms with Crippen LogP contribution in [0, 0.1) is 5.82 Å². The summed E-state index contributed by atoms with van der Waals surface area (Å²) < 4.78 is 14.3. The Labute approximate surface area is 129 Å². The summed E-state index contributed by atoms with van der Waals surface area (Å²) in [7, 11) is 0. The van der Waals surface area contributed by atoms with E-state index >= 15 is 0 Å². The fourth-order valence-electron chi connectivity index (χ4n) is 1.44. The second-order valence-corrected chi connectivity index (χ2v) is 5.47. The highest BCUT2D eigenvalue weighted by molar-refractivity contribution is 9.10. The number of hydrogen-bond donors (Lipinski definition) is 2. The topological polar surface area (TPSA) is 24.1 Å². The van der Waals surface area contributed by atoms with Gasteiger partial charge in [-0.05, 0) is 48.6 Å². The van der Waals surface area contributed by atoms with Gasteiger partial charge in [0.2, 0.25) is 0 Å². The lowest BCUT2D eigenvalue weighted by molar-refractivity contribution is 0.631. The Balaban J connectivity index is 2.05. The van der Waals surface area contributed by atoms with Crippen molar-refractivity contribution in [3.63, 3.8) is 0 Å². The Bertz CT molecular complexity index is 621. The van der Waals surface area contributed by atoms with Crippen molar-refractivity contribution in [3.05, 3.63) is 57.8 Å². The van der Waals surface area contributed by atoms with E-state index in [1.54, 1.807) is 30.3 Å². The maximum atomic E-state index is 13.6. The van der Waals surface area contributed by atoms with Crippen molar-refractivity contribution in [1.82, 2.24) is 0 Å². The van der Waals surface area contributed by atoms with Crippen LogP contribution in [-0.4, -0.2) is 5.11 Å². The third-order valence-corrected chi connectivity index (χ3v) is 3.19. The summed E-state index contributed by atoms with van der Waals surface area (Å²) in [5.41, 5.74) is 1.05. The molecule has 0 atom stereocenters. The molecule has 0 spiro atoms. The summed E-state index contributed by atoms with van der Waals surface area (Å²) >= 11 is 14.2. The van der Waals surface area contributed by atoms with Crippen molar-refractivity contribution < 1.29 is 4.39 Å². The predicted molar refractivity (Wildman–Crippen MR) is 85.4 cm³/mol. The maximum Gasteiger partial charge on any atom is 0.175 e. The largest absolute Gasteiger partial charge is 0.332 e. The molecular weight excluding hydrogens is 351 g/mol. The molecule has 98 valence electrons. The normalized spacial score (nSPS) is 10.1. The van der Waals surface area contributed by atoms with Crippen molar-refractivity contribution in [1.29, 1.82) is 0 Å². The lowest BCUT2D eigenvalue weighted by atomic mass is 10.3. The molecule has 0 bridgehead atoms. The molecule has 2 aromatic carbocycles. The van der Waals surface area contributed by atoms with Crippen molar-refractivity contribution in [2.24, 2.45) is 0 Å². The Morgan fingerprint density at radius 2 is 1.95 bits per heavy atom. The van der Waals surface area contributed by atoms with E-state index in [-0.39, 0.29) is 5.82 Å². The molecule has 2 N–H and O–H groups in total. The average molecular weight is 360 g/mol. The zero-order chi connectivity index (χ0) is 13.8. The summed E-state index contributed by atoms with van der Waals surface area (Å²) in [6.45, 7) is 0. The molecule has 0 unspecified atom stereocenters. The van der Waals surface area contributed by atoms with Crippen LogP contribution in [0.25, 0.3) is 0 Å². The van der Waals surface area contributed by atoms with Gasteiger partial charge in [0.15, 0.2) is 5.11 Å². The zero-order valence-corrected chi connectivity index (χ0v) is 12.7. The quantitative estimate of drug-likeness (QED) is 0.734. The number of hydrogen-bond acceptors (Lipinski definition) is 1. The molecule has 0 aliphatic heterocycles. The maximum absolute atomic E-state index is 13.6. The predicted octanol–water partition coefficient (Wildman–Crippen LogP) is 5.05. The Kier molecular flexibility index (Phi) is 4.74. The van der Waals surface area contributed by atoms with Gasteiger partial charge in [-0.1, -0.05) is 33.6 Å². The molecular formula is C13H9BrClFN2S. The van der Waals surface area contributed by atoms with Gasteiger partial charge in [-0.2, -0.15) is 0 Å². The van der Waals surface area contributed by atoms with Gasteiger partial charge in [0, 0.05) is 15.2 Å². The zero-order valence-electron chi connectivity index (χ0n) is 9.58. The van der Waals surface area contributed by atoms with Crippen LogP contribution in [0.5, 0.6) is 0 Å². The molecule has 6 heteroatoms. The van der Waals surface area contributed by atoms with E-state index in [0.29, 0.717) is 20.3 Å². The molecule has 2 nitrogen and oxygen atoms in total. The molecule has 0 aliphatic carbocycles. The van der Waals surface area contributed by atoms with E-state index in [4.69, 9.17) is 23.8 Å². The molecule has 0 aromatic heterocycles. The first-order valence-electron chi connectivity index (χ1n) is 5.33. The molecule has 0 saturated heterocycles. The smallest absolute Gasteiger partial charge is 0.175 e. The second-order valence-electron chi connectivity index (χ2n) is 3.71. The van der Waals surface area contributed by atoms with E-state index in [0.717, 1.165) is 5.69 Å². The van der Waals surface area contributed by atoms with Crippen LogP contribution in [0.2, 0.25) is 5.02 Å². The third-order valence-electron chi connectivity index (χ3n) is 2.26. The lowest BCUT2D eigenvalue weighted by Crippen LogP contribution is -2.19. The molecule has 0 saturated carbocycles. The summed E-state index contributed by atoms with van der Waals surface area (Å²) in [5, 5.41) is 6.61. The SMILES string of the molecule is Fc1cc(Br)ccc1NC(=S)Nc1cccc(Cl)c1. The highest BCUT2D eigenvalue weighted by Gasteiger charge is 2.05. The van der Waals surface area contributed by atoms with Gasteiger partial charge >= 0.3 is 0 Å². The first kappa shape index (κ1) is 14.2. The van der Waals surface area contributed by atoms with Gasteiger partial charge in [-0.3, -0.25) is 0 Å². The van der Waals surface area contributed by atoms with E-state index < -0.39 is 0 Å². The summed E-state index contributed by atoms with van der Waals surface area (Å²) in [5.74, 6) is -0.385. The Morgan fingerprint density at radius 1 is 1.16 bits per heavy atom. The van der Waals surface area contributed by atoms with E-state index in [1.807, 2.05) is 6.07 Å². The number of benzene rings is 2. The van der Waals surface area contributed by atoms with Crippen molar-refractivity contribution >= 4 is 56.2 Å². The van der Waals surface area contributed by atoms with Crippen molar-refractivity contribution in [2.75, 3.05) is 10.6 Å². The van der Waals surface area contributed by atoms with Crippen LogP contribution in [0.15, 0.2) is 46.9 Å². The van der Waals surface area contributed by atoms with Crippen LogP contribution in [0.1, 0.15) is 0 Å². The number of halogens is 3. The monoisotopic (exact) mass is 358 g/mol. The lowest BCUT2D eigenvalue weighted by Gasteiger charge is -2.11. The average Bonchev–Trinajstić information content (AvgIpc) is 2.33. The fraction of sp³-hybridized carbons (Fsp3) is 0. The minimum atomic E-state index is -0.385. The number of anilines is 2. The number of thiocarbonyl (C=S) groups is 1. The third kappa shape index (κ3) is 4.16. The second kappa shape index (κ2) is 6.32. The van der Waals surface area contributed by atoms with Crippen LogP contribution >= 0.6 is 39.7 Å². The number of nitrogens with one attached hydrogen (secondary N) is 2. The molecule has 0 fully saturated rings. The van der Waals surface area contributed by atoms with Gasteiger partial charge in [-0.25, -0.2) is 4.39 Å². The molecule has 0 heterocycles. The van der Waals surface area contributed by atoms with Gasteiger partial charge in [0.25, 0.3) is 0 Å². The molecule has 2 rings (SSSR count). The van der Waals surface area contributed by atoms with Crippen LogP contribution in [0.4, 0.5) is 15.8 Å². The van der Waals surface area contributed by atoms with Crippen LogP contribution in [-0.2, 0) is 0 Å². The molecule has 0 radical (unpaired) electrons. The molecule has 19 heavy (non-hydrogen) atoms. The molecule has 0 aliphatic rings. The minimum Gasteiger partial charge on any atom is -0.332 e. The summed E-state index contributed by atoms with van der Waals surface area (Å²) in [6, 6.07) is 11.8. The fourth-order valence-corrected chi connectivity index (χ4v) is 2.19. The van der Waals surface area contributed by atoms with Crippen molar-refractivity contribution in [2.45, 2.75) is 0 Å². The number of rotatable bonds is 2. The van der Waals surface area contributed by atoms with Gasteiger partial charge in [-0.15, -0.1) is 0 Å². The van der Waals surface area contributed by atoms with Crippen LogP contribution < -0.4 is 10.6 Å². The molecule has 0 amide bonds. The standard InChI is InChI=1S/C13H9BrClFN2S/c14-8-4-5-12(11(16)6-8)18-13(19)17-10-3-1-2-9(15)7-10/h1-7H,(H2,17,18,19). The van der Waals surface area contributed by atoms with E-state index in [2.05, 4.69) is 26.6 Å². The first-order valence-corrected chi connectivity index (χ1v) is 6.91. The van der Waals surface area contributed by atoms with Crippen molar-refractivity contribution in [3.8, 4) is 0 Å². The van der Waals surface area contributed by atoms with E-state index in [1.165, 1.54) is 6.07 Å². The minimum absolute atomic E-state index is 0.295. The van der Waals surface area contributed by atoms with Gasteiger partial charge < -0.3 is 10.6 Å². The molecule has 2 aromatic rings. The van der Waals surface area contributed by atoms with Gasteiger partial charge in [0.1, 0.15) is 5.82 Å². The highest BCUT2D eigenvalue weighted by Crippen LogP contribution is 2.20.